The van der Waals surface area contributed by atoms with Crippen LogP contribution in [-0.2, 0) is 10.2 Å². The molecule has 0 aliphatic heterocycles. The van der Waals surface area contributed by atoms with Gasteiger partial charge in [-0.25, -0.2) is 0 Å². The standard InChI is InChI=1S/C20H19ClN2O2/c21-14-5-7-15(8-6-14)25-12-19(24)23-13-20(9-10-20)17-11-22-18-4-2-1-3-16(17)18/h1-8,11,22H,9-10,12-13H2,(H,23,24). The molecule has 2 aromatic carbocycles. The molecule has 4 rings (SSSR count). The van der Waals surface area contributed by atoms with Gasteiger partial charge in [0, 0.05) is 34.1 Å². The molecule has 0 radical (unpaired) electrons. The van der Waals surface area contributed by atoms with Gasteiger partial charge in [0.1, 0.15) is 5.75 Å². The van der Waals surface area contributed by atoms with Crippen LogP contribution < -0.4 is 10.1 Å². The number of H-pyrrole nitrogens is 1. The SMILES string of the molecule is O=C(COc1ccc(Cl)cc1)NCC1(c2c[nH]c3ccccc23)CC1. The van der Waals surface area contributed by atoms with Crippen molar-refractivity contribution in [2.24, 2.45) is 0 Å². The smallest absolute Gasteiger partial charge is 0.257 e. The molecule has 1 saturated carbocycles. The topological polar surface area (TPSA) is 54.1 Å². The number of carbonyl (C=O) groups excluding carboxylic acids is 1. The summed E-state index contributed by atoms with van der Waals surface area (Å²) in [6, 6.07) is 15.3. The summed E-state index contributed by atoms with van der Waals surface area (Å²) >= 11 is 5.83. The van der Waals surface area contributed by atoms with Gasteiger partial charge in [-0.2, -0.15) is 0 Å². The van der Waals surface area contributed by atoms with Crippen molar-refractivity contribution in [3.05, 3.63) is 65.3 Å². The number of aromatic amines is 1. The van der Waals surface area contributed by atoms with E-state index in [0.717, 1.165) is 18.4 Å². The second-order valence-corrected chi connectivity index (χ2v) is 6.98. The van der Waals surface area contributed by atoms with Gasteiger partial charge in [-0.1, -0.05) is 29.8 Å². The Kier molecular flexibility index (Phi) is 4.14. The first-order chi connectivity index (χ1) is 12.2. The van der Waals surface area contributed by atoms with Crippen LogP contribution in [0.4, 0.5) is 0 Å². The van der Waals surface area contributed by atoms with E-state index in [9.17, 15) is 4.79 Å². The molecule has 0 unspecified atom stereocenters. The van der Waals surface area contributed by atoms with E-state index in [1.165, 1.54) is 10.9 Å². The van der Waals surface area contributed by atoms with Gasteiger partial charge >= 0.3 is 0 Å². The minimum Gasteiger partial charge on any atom is -0.484 e. The lowest BCUT2D eigenvalue weighted by atomic mass is 9.95. The van der Waals surface area contributed by atoms with Crippen molar-refractivity contribution in [1.29, 1.82) is 0 Å². The third-order valence-electron chi connectivity index (χ3n) is 4.82. The summed E-state index contributed by atoms with van der Waals surface area (Å²) in [7, 11) is 0. The van der Waals surface area contributed by atoms with Crippen molar-refractivity contribution in [2.75, 3.05) is 13.2 Å². The summed E-state index contributed by atoms with van der Waals surface area (Å²) < 4.78 is 5.49. The lowest BCUT2D eigenvalue weighted by Gasteiger charge is -2.16. The first-order valence-corrected chi connectivity index (χ1v) is 8.76. The molecule has 2 N–H and O–H groups in total. The first-order valence-electron chi connectivity index (χ1n) is 8.38. The Hall–Kier alpha value is -2.46. The summed E-state index contributed by atoms with van der Waals surface area (Å²) in [6.07, 6.45) is 4.26. The third kappa shape index (κ3) is 3.35. The summed E-state index contributed by atoms with van der Waals surface area (Å²) in [6.45, 7) is 0.642. The molecule has 4 nitrogen and oxygen atoms in total. The lowest BCUT2D eigenvalue weighted by Crippen LogP contribution is -2.35. The number of nitrogens with one attached hydrogen (secondary N) is 2. The van der Waals surface area contributed by atoms with Crippen LogP contribution in [0, 0.1) is 0 Å². The van der Waals surface area contributed by atoms with Gasteiger partial charge in [0.25, 0.3) is 5.91 Å². The van der Waals surface area contributed by atoms with Crippen molar-refractivity contribution >= 4 is 28.4 Å². The van der Waals surface area contributed by atoms with Gasteiger partial charge < -0.3 is 15.0 Å². The van der Waals surface area contributed by atoms with Crippen LogP contribution in [0.15, 0.2) is 54.7 Å². The molecule has 0 spiro atoms. The van der Waals surface area contributed by atoms with Crippen LogP contribution in [0.25, 0.3) is 10.9 Å². The number of benzene rings is 2. The minimum atomic E-state index is -0.110. The molecule has 128 valence electrons. The Labute approximate surface area is 151 Å². The molecule has 5 heteroatoms. The maximum atomic E-state index is 12.1. The average Bonchev–Trinajstić information content (AvgIpc) is 3.30. The highest BCUT2D eigenvalue weighted by atomic mass is 35.5. The van der Waals surface area contributed by atoms with Gasteiger partial charge in [-0.3, -0.25) is 4.79 Å². The minimum absolute atomic E-state index is 0.00555. The molecule has 0 atom stereocenters. The van der Waals surface area contributed by atoms with Crippen LogP contribution in [0.3, 0.4) is 0 Å². The van der Waals surface area contributed by atoms with Crippen LogP contribution in [0.1, 0.15) is 18.4 Å². The van der Waals surface area contributed by atoms with Crippen molar-refractivity contribution < 1.29 is 9.53 Å². The summed E-state index contributed by atoms with van der Waals surface area (Å²) in [5.41, 5.74) is 2.48. The number of fused-ring (bicyclic) bond motifs is 1. The number of ether oxygens (including phenoxy) is 1. The maximum absolute atomic E-state index is 12.1. The average molecular weight is 355 g/mol. The van der Waals surface area contributed by atoms with Gasteiger partial charge in [-0.15, -0.1) is 0 Å². The fraction of sp³-hybridized carbons (Fsp3) is 0.250. The van der Waals surface area contributed by atoms with E-state index in [1.807, 2.05) is 12.1 Å². The molecule has 0 bridgehead atoms. The molecule has 1 aromatic heterocycles. The Morgan fingerprint density at radius 3 is 2.68 bits per heavy atom. The maximum Gasteiger partial charge on any atom is 0.257 e. The van der Waals surface area contributed by atoms with E-state index in [1.54, 1.807) is 24.3 Å². The Bertz CT molecular complexity index is 897. The number of halogens is 1. The molecule has 1 aliphatic rings. The zero-order valence-corrected chi connectivity index (χ0v) is 14.5. The molecule has 1 amide bonds. The molecule has 1 heterocycles. The Morgan fingerprint density at radius 2 is 1.92 bits per heavy atom. The van der Waals surface area contributed by atoms with Gasteiger partial charge in [-0.05, 0) is 48.7 Å². The van der Waals surface area contributed by atoms with Crippen molar-refractivity contribution in [2.45, 2.75) is 18.3 Å². The zero-order valence-electron chi connectivity index (χ0n) is 13.7. The fourth-order valence-electron chi connectivity index (χ4n) is 3.20. The van der Waals surface area contributed by atoms with E-state index in [0.29, 0.717) is 17.3 Å². The largest absolute Gasteiger partial charge is 0.484 e. The monoisotopic (exact) mass is 354 g/mol. The van der Waals surface area contributed by atoms with Crippen molar-refractivity contribution in [3.8, 4) is 5.75 Å². The normalized spacial score (nSPS) is 15.1. The molecule has 25 heavy (non-hydrogen) atoms. The Morgan fingerprint density at radius 1 is 1.16 bits per heavy atom. The van der Waals surface area contributed by atoms with E-state index < -0.39 is 0 Å². The fourth-order valence-corrected chi connectivity index (χ4v) is 3.33. The molecule has 3 aromatic rings. The number of hydrogen-bond acceptors (Lipinski definition) is 2. The zero-order chi connectivity index (χ0) is 17.3. The lowest BCUT2D eigenvalue weighted by molar-refractivity contribution is -0.123. The predicted octanol–water partition coefficient (Wildman–Crippen LogP) is 4.05. The number of aromatic nitrogens is 1. The number of hydrogen-bond donors (Lipinski definition) is 2. The molecule has 0 saturated heterocycles. The number of amides is 1. The summed E-state index contributed by atoms with van der Waals surface area (Å²) in [5, 5.41) is 4.90. The second-order valence-electron chi connectivity index (χ2n) is 6.55. The highest BCUT2D eigenvalue weighted by molar-refractivity contribution is 6.30. The third-order valence-corrected chi connectivity index (χ3v) is 5.07. The van der Waals surface area contributed by atoms with E-state index in [2.05, 4.69) is 28.6 Å². The summed E-state index contributed by atoms with van der Waals surface area (Å²) in [5.74, 6) is 0.526. The second kappa shape index (κ2) is 6.45. The van der Waals surface area contributed by atoms with Gasteiger partial charge in [0.15, 0.2) is 6.61 Å². The number of carbonyl (C=O) groups is 1. The molecule has 1 aliphatic carbocycles. The molecular weight excluding hydrogens is 336 g/mol. The quantitative estimate of drug-likeness (QED) is 0.701. The molecular formula is C20H19ClN2O2. The number of rotatable bonds is 6. The summed E-state index contributed by atoms with van der Waals surface area (Å²) in [4.78, 5) is 15.4. The van der Waals surface area contributed by atoms with Crippen LogP contribution in [0.5, 0.6) is 5.75 Å². The predicted molar refractivity (Wildman–Crippen MR) is 99.2 cm³/mol. The van der Waals surface area contributed by atoms with E-state index >= 15 is 0 Å². The molecule has 1 fully saturated rings. The van der Waals surface area contributed by atoms with Crippen molar-refractivity contribution in [3.63, 3.8) is 0 Å². The first kappa shape index (κ1) is 16.0. The van der Waals surface area contributed by atoms with Crippen molar-refractivity contribution in [1.82, 2.24) is 10.3 Å². The highest BCUT2D eigenvalue weighted by Crippen LogP contribution is 2.49. The van der Waals surface area contributed by atoms with E-state index in [-0.39, 0.29) is 17.9 Å². The van der Waals surface area contributed by atoms with Crippen LogP contribution in [-0.4, -0.2) is 24.0 Å². The highest BCUT2D eigenvalue weighted by Gasteiger charge is 2.45. The number of para-hydroxylation sites is 1. The van der Waals surface area contributed by atoms with Crippen LogP contribution in [0.2, 0.25) is 5.02 Å². The Balaban J connectivity index is 1.36. The van der Waals surface area contributed by atoms with Gasteiger partial charge in [0.05, 0.1) is 0 Å². The van der Waals surface area contributed by atoms with Crippen LogP contribution >= 0.6 is 11.6 Å². The van der Waals surface area contributed by atoms with E-state index in [4.69, 9.17) is 16.3 Å². The van der Waals surface area contributed by atoms with Gasteiger partial charge in [0.2, 0.25) is 0 Å².